The van der Waals surface area contributed by atoms with Crippen LogP contribution in [0.25, 0.3) is 0 Å². The predicted octanol–water partition coefficient (Wildman–Crippen LogP) is 12.9. The molecule has 0 bridgehead atoms. The molecule has 0 aliphatic carbocycles. The quantitative estimate of drug-likeness (QED) is 0.0213. The molecule has 0 aliphatic rings. The largest absolute Gasteiger partial charge is 0.462 e. The minimum absolute atomic E-state index is 0.111. The fourth-order valence-corrected chi connectivity index (χ4v) is 5.06. The average molecular weight is 723 g/mol. The number of unbranched alkanes of at least 4 members (excludes halogenated alkanes) is 11. The molecule has 0 fully saturated rings. The van der Waals surface area contributed by atoms with Gasteiger partial charge in [-0.3, -0.25) is 14.4 Å². The Bertz CT molecular complexity index is 1060. The van der Waals surface area contributed by atoms with Crippen LogP contribution in [0.5, 0.6) is 0 Å². The van der Waals surface area contributed by atoms with Gasteiger partial charge in [0, 0.05) is 19.3 Å². The average Bonchev–Trinajstić information content (AvgIpc) is 3.14. The molecule has 0 aromatic heterocycles. The third-order valence-electron chi connectivity index (χ3n) is 8.14. The minimum atomic E-state index is -0.809. The maximum atomic E-state index is 12.6. The molecule has 294 valence electrons. The molecule has 0 saturated heterocycles. The zero-order valence-corrected chi connectivity index (χ0v) is 33.3. The Balaban J connectivity index is 4.49. The lowest BCUT2D eigenvalue weighted by atomic mass is 10.1. The normalized spacial score (nSPS) is 12.9. The molecule has 6 heteroatoms. The zero-order valence-electron chi connectivity index (χ0n) is 33.3. The highest BCUT2D eigenvalue weighted by atomic mass is 16.6. The van der Waals surface area contributed by atoms with Crippen LogP contribution in [-0.4, -0.2) is 37.2 Å². The van der Waals surface area contributed by atoms with E-state index in [-0.39, 0.29) is 37.5 Å². The highest BCUT2D eigenvalue weighted by molar-refractivity contribution is 5.71. The van der Waals surface area contributed by atoms with Crippen molar-refractivity contribution >= 4 is 17.9 Å². The third kappa shape index (κ3) is 37.8. The van der Waals surface area contributed by atoms with Gasteiger partial charge < -0.3 is 14.2 Å². The van der Waals surface area contributed by atoms with Crippen LogP contribution < -0.4 is 0 Å². The standard InChI is InChI=1S/C46H74O6/c1-4-7-10-13-16-19-21-22-23-25-27-30-33-36-39-45(48)51-42-43(41-50-44(47)38-35-32-29-26-18-15-12-9-6-3)52-46(49)40-37-34-31-28-24-20-17-14-11-8-5-2/h7,9-10,12,14,16-20,22-24,26,43H,4-6,8,11,13,15,21,25,27-42H2,1-3H3/b10-7-,12-9-,17-14-,19-16-,23-22-,24-20-,26-18-. The van der Waals surface area contributed by atoms with Gasteiger partial charge in [0.2, 0.25) is 0 Å². The fraction of sp³-hybridized carbons (Fsp3) is 0.630. The number of esters is 3. The van der Waals surface area contributed by atoms with Crippen LogP contribution in [0, 0.1) is 0 Å². The van der Waals surface area contributed by atoms with E-state index in [9.17, 15) is 14.4 Å². The minimum Gasteiger partial charge on any atom is -0.462 e. The van der Waals surface area contributed by atoms with Crippen molar-refractivity contribution in [2.24, 2.45) is 0 Å². The molecule has 0 aromatic carbocycles. The van der Waals surface area contributed by atoms with Gasteiger partial charge in [-0.1, -0.05) is 138 Å². The number of carbonyl (C=O) groups is 3. The molecule has 0 rings (SSSR count). The van der Waals surface area contributed by atoms with Crippen molar-refractivity contribution in [1.82, 2.24) is 0 Å². The van der Waals surface area contributed by atoms with Crippen LogP contribution >= 0.6 is 0 Å². The second kappa shape index (κ2) is 40.4. The Hall–Kier alpha value is -3.41. The first-order valence-electron chi connectivity index (χ1n) is 20.6. The van der Waals surface area contributed by atoms with Gasteiger partial charge in [-0.2, -0.15) is 0 Å². The van der Waals surface area contributed by atoms with Crippen molar-refractivity contribution in [3.05, 3.63) is 85.1 Å². The summed E-state index contributed by atoms with van der Waals surface area (Å²) in [7, 11) is 0. The highest BCUT2D eigenvalue weighted by Crippen LogP contribution is 2.11. The van der Waals surface area contributed by atoms with Crippen molar-refractivity contribution in [1.29, 1.82) is 0 Å². The van der Waals surface area contributed by atoms with Crippen LogP contribution in [0.4, 0.5) is 0 Å². The van der Waals surface area contributed by atoms with Gasteiger partial charge in [-0.15, -0.1) is 0 Å². The topological polar surface area (TPSA) is 78.9 Å². The molecule has 0 aromatic rings. The summed E-state index contributed by atoms with van der Waals surface area (Å²) in [5, 5.41) is 0. The molecule has 0 heterocycles. The molecule has 0 spiro atoms. The first-order valence-corrected chi connectivity index (χ1v) is 20.6. The van der Waals surface area contributed by atoms with Gasteiger partial charge >= 0.3 is 17.9 Å². The number of carbonyl (C=O) groups excluding carboxylic acids is 3. The highest BCUT2D eigenvalue weighted by Gasteiger charge is 2.19. The van der Waals surface area contributed by atoms with Crippen LogP contribution in [-0.2, 0) is 28.6 Å². The number of ether oxygens (including phenoxy) is 3. The van der Waals surface area contributed by atoms with E-state index in [4.69, 9.17) is 14.2 Å². The van der Waals surface area contributed by atoms with Crippen molar-refractivity contribution in [2.45, 2.75) is 175 Å². The summed E-state index contributed by atoms with van der Waals surface area (Å²) in [5.74, 6) is -1.01. The van der Waals surface area contributed by atoms with Crippen molar-refractivity contribution in [2.75, 3.05) is 13.2 Å². The Morgan fingerprint density at radius 3 is 1.33 bits per heavy atom. The summed E-state index contributed by atoms with van der Waals surface area (Å²) in [4.78, 5) is 37.5. The molecule has 0 amide bonds. The molecule has 0 aliphatic heterocycles. The first kappa shape index (κ1) is 48.6. The van der Waals surface area contributed by atoms with Gasteiger partial charge in [0.1, 0.15) is 13.2 Å². The van der Waals surface area contributed by atoms with Crippen molar-refractivity contribution in [3.63, 3.8) is 0 Å². The van der Waals surface area contributed by atoms with Gasteiger partial charge in [-0.05, 0) is 96.3 Å². The van der Waals surface area contributed by atoms with Gasteiger partial charge in [0.25, 0.3) is 0 Å². The number of hydrogen-bond donors (Lipinski definition) is 0. The predicted molar refractivity (Wildman–Crippen MR) is 219 cm³/mol. The van der Waals surface area contributed by atoms with Crippen LogP contribution in [0.3, 0.4) is 0 Å². The molecular weight excluding hydrogens is 648 g/mol. The lowest BCUT2D eigenvalue weighted by Crippen LogP contribution is -2.30. The maximum Gasteiger partial charge on any atom is 0.306 e. The molecule has 0 saturated carbocycles. The van der Waals surface area contributed by atoms with E-state index < -0.39 is 6.10 Å². The van der Waals surface area contributed by atoms with Crippen molar-refractivity contribution in [3.8, 4) is 0 Å². The molecule has 1 atom stereocenters. The van der Waals surface area contributed by atoms with E-state index in [1.165, 1.54) is 12.8 Å². The SMILES string of the molecule is CC/C=C\C/C=C\C/C=C\CCCCCCC(=O)OCC(COC(=O)CCCC/C=C\C/C=C\CC)OC(=O)CCCCC/C=C\C=C/CCCC. The van der Waals surface area contributed by atoms with Crippen molar-refractivity contribution < 1.29 is 28.6 Å². The summed E-state index contributed by atoms with van der Waals surface area (Å²) in [6.07, 6.45) is 50.1. The number of allylic oxidation sites excluding steroid dienone is 14. The second-order valence-corrected chi connectivity index (χ2v) is 13.2. The smallest absolute Gasteiger partial charge is 0.306 e. The van der Waals surface area contributed by atoms with Crippen LogP contribution in [0.1, 0.15) is 168 Å². The van der Waals surface area contributed by atoms with Gasteiger partial charge in [0.05, 0.1) is 0 Å². The van der Waals surface area contributed by atoms with Gasteiger partial charge in [0.15, 0.2) is 6.10 Å². The monoisotopic (exact) mass is 723 g/mol. The molecule has 1 unspecified atom stereocenters. The van der Waals surface area contributed by atoms with E-state index in [0.717, 1.165) is 116 Å². The van der Waals surface area contributed by atoms with E-state index in [0.29, 0.717) is 12.8 Å². The Morgan fingerprint density at radius 1 is 0.423 bits per heavy atom. The summed E-state index contributed by atoms with van der Waals surface area (Å²) < 4.78 is 16.5. The summed E-state index contributed by atoms with van der Waals surface area (Å²) in [6, 6.07) is 0. The van der Waals surface area contributed by atoms with E-state index in [1.54, 1.807) is 0 Å². The summed E-state index contributed by atoms with van der Waals surface area (Å²) >= 11 is 0. The molecule has 52 heavy (non-hydrogen) atoms. The van der Waals surface area contributed by atoms with E-state index in [2.05, 4.69) is 106 Å². The third-order valence-corrected chi connectivity index (χ3v) is 8.14. The number of hydrogen-bond acceptors (Lipinski definition) is 6. The summed E-state index contributed by atoms with van der Waals surface area (Å²) in [6.45, 7) is 6.23. The van der Waals surface area contributed by atoms with Gasteiger partial charge in [-0.25, -0.2) is 0 Å². The summed E-state index contributed by atoms with van der Waals surface area (Å²) in [5.41, 5.74) is 0. The Morgan fingerprint density at radius 2 is 0.808 bits per heavy atom. The lowest BCUT2D eigenvalue weighted by Gasteiger charge is -2.18. The molecule has 0 radical (unpaired) electrons. The molecule has 6 nitrogen and oxygen atoms in total. The van der Waals surface area contributed by atoms with E-state index >= 15 is 0 Å². The van der Waals surface area contributed by atoms with Crippen LogP contribution in [0.2, 0.25) is 0 Å². The number of rotatable bonds is 35. The Kier molecular flexibility index (Phi) is 37.7. The fourth-order valence-electron chi connectivity index (χ4n) is 5.06. The van der Waals surface area contributed by atoms with E-state index in [1.807, 2.05) is 0 Å². The Labute approximate surface area is 318 Å². The zero-order chi connectivity index (χ0) is 38.0. The second-order valence-electron chi connectivity index (χ2n) is 13.2. The molecule has 0 N–H and O–H groups in total. The first-order chi connectivity index (χ1) is 25.5. The maximum absolute atomic E-state index is 12.6. The lowest BCUT2D eigenvalue weighted by molar-refractivity contribution is -0.167. The van der Waals surface area contributed by atoms with Crippen LogP contribution in [0.15, 0.2) is 85.1 Å². The molecular formula is C46H74O6.